The molecule has 80 valence electrons. The van der Waals surface area contributed by atoms with E-state index in [1.807, 2.05) is 0 Å². The molecule has 0 amide bonds. The maximum absolute atomic E-state index is 2.16. The van der Waals surface area contributed by atoms with Crippen LogP contribution in [-0.2, 0) is 20.5 Å². The minimum Gasteiger partial charge on any atom is -1.00 e. The fraction of sp³-hybridized carbons (Fsp3) is 0.250. The highest BCUT2D eigenvalue weighted by atomic mass is 127. The van der Waals surface area contributed by atoms with Crippen molar-refractivity contribution in [1.29, 1.82) is 0 Å². The number of imidazole rings is 1. The second kappa shape index (κ2) is 5.30. The SMILES string of the molecule is Cn1cc[n+](C)c1Cc1ccccc1.[I-]. The van der Waals surface area contributed by atoms with Crippen molar-refractivity contribution >= 4 is 0 Å². The Labute approximate surface area is 108 Å². The van der Waals surface area contributed by atoms with Crippen LogP contribution in [0.2, 0.25) is 0 Å². The number of aromatic nitrogens is 2. The molecule has 2 nitrogen and oxygen atoms in total. The zero-order chi connectivity index (χ0) is 9.97. The average Bonchev–Trinajstić information content (AvgIpc) is 2.51. The molecule has 0 atom stereocenters. The van der Waals surface area contributed by atoms with E-state index in [4.69, 9.17) is 0 Å². The summed E-state index contributed by atoms with van der Waals surface area (Å²) in [5.74, 6) is 1.32. The highest BCUT2D eigenvalue weighted by Crippen LogP contribution is 2.04. The van der Waals surface area contributed by atoms with E-state index in [1.54, 1.807) is 0 Å². The lowest BCUT2D eigenvalue weighted by Crippen LogP contribution is -3.00. The molecule has 0 N–H and O–H groups in total. The molecule has 1 aromatic heterocycles. The molecule has 1 heterocycles. The van der Waals surface area contributed by atoms with E-state index in [9.17, 15) is 0 Å². The second-order valence-electron chi connectivity index (χ2n) is 3.60. The summed E-state index contributed by atoms with van der Waals surface area (Å²) in [7, 11) is 4.16. The molecular weight excluding hydrogens is 299 g/mol. The third kappa shape index (κ3) is 2.81. The van der Waals surface area contributed by atoms with Crippen molar-refractivity contribution in [2.45, 2.75) is 6.42 Å². The van der Waals surface area contributed by atoms with Crippen LogP contribution in [0.5, 0.6) is 0 Å². The van der Waals surface area contributed by atoms with Gasteiger partial charge in [0.25, 0.3) is 5.82 Å². The molecule has 0 radical (unpaired) electrons. The van der Waals surface area contributed by atoms with Crippen LogP contribution in [0, 0.1) is 0 Å². The highest BCUT2D eigenvalue weighted by molar-refractivity contribution is 5.17. The molecule has 0 fully saturated rings. The van der Waals surface area contributed by atoms with Crippen molar-refractivity contribution in [1.82, 2.24) is 4.57 Å². The minimum absolute atomic E-state index is 0. The summed E-state index contributed by atoms with van der Waals surface area (Å²) in [6, 6.07) is 10.5. The van der Waals surface area contributed by atoms with Crippen LogP contribution in [0.3, 0.4) is 0 Å². The Balaban J connectivity index is 0.00000112. The summed E-state index contributed by atoms with van der Waals surface area (Å²) < 4.78 is 4.32. The molecule has 0 spiro atoms. The van der Waals surface area contributed by atoms with Gasteiger partial charge in [0.2, 0.25) is 0 Å². The Morgan fingerprint density at radius 1 is 1.20 bits per heavy atom. The van der Waals surface area contributed by atoms with Gasteiger partial charge >= 0.3 is 0 Å². The van der Waals surface area contributed by atoms with Gasteiger partial charge in [0.1, 0.15) is 12.4 Å². The molecule has 15 heavy (non-hydrogen) atoms. The summed E-state index contributed by atoms with van der Waals surface area (Å²) in [5, 5.41) is 0. The van der Waals surface area contributed by atoms with E-state index in [2.05, 4.69) is 66.0 Å². The first-order valence-electron chi connectivity index (χ1n) is 4.81. The molecule has 0 saturated carbocycles. The molecule has 2 aromatic rings. The first-order valence-corrected chi connectivity index (χ1v) is 4.81. The van der Waals surface area contributed by atoms with Gasteiger partial charge in [0, 0.05) is 0 Å². The molecule has 0 aliphatic heterocycles. The van der Waals surface area contributed by atoms with Crippen LogP contribution < -0.4 is 28.5 Å². The van der Waals surface area contributed by atoms with E-state index < -0.39 is 0 Å². The standard InChI is InChI=1S/C12H15N2.HI/c1-13-8-9-14(2)12(13)10-11-6-4-3-5-7-11;/h3-9H,10H2,1-2H3;1H/q+1;/p-1. The maximum Gasteiger partial charge on any atom is 0.260 e. The van der Waals surface area contributed by atoms with E-state index >= 15 is 0 Å². The smallest absolute Gasteiger partial charge is 0.260 e. The monoisotopic (exact) mass is 314 g/mol. The predicted octanol–water partition coefficient (Wildman–Crippen LogP) is -1.56. The third-order valence-electron chi connectivity index (χ3n) is 2.53. The van der Waals surface area contributed by atoms with Gasteiger partial charge in [-0.25, -0.2) is 9.13 Å². The van der Waals surface area contributed by atoms with Gasteiger partial charge in [0.05, 0.1) is 20.5 Å². The summed E-state index contributed by atoms with van der Waals surface area (Å²) >= 11 is 0. The van der Waals surface area contributed by atoms with Gasteiger partial charge in [-0.05, 0) is 5.56 Å². The number of halogens is 1. The maximum atomic E-state index is 2.16. The Morgan fingerprint density at radius 2 is 1.87 bits per heavy atom. The summed E-state index contributed by atoms with van der Waals surface area (Å²) in [4.78, 5) is 0. The van der Waals surface area contributed by atoms with Crippen LogP contribution in [0.1, 0.15) is 11.4 Å². The number of rotatable bonds is 2. The molecule has 0 bridgehead atoms. The molecular formula is C12H15IN2. The Kier molecular flexibility index (Phi) is 4.32. The van der Waals surface area contributed by atoms with Gasteiger partial charge in [-0.15, -0.1) is 0 Å². The summed E-state index contributed by atoms with van der Waals surface area (Å²) in [5.41, 5.74) is 1.35. The van der Waals surface area contributed by atoms with Crippen LogP contribution in [0.4, 0.5) is 0 Å². The normalized spacial score (nSPS) is 9.73. The summed E-state index contributed by atoms with van der Waals surface area (Å²) in [6.07, 6.45) is 5.15. The number of benzene rings is 1. The predicted molar refractivity (Wildman–Crippen MR) is 55.8 cm³/mol. The summed E-state index contributed by atoms with van der Waals surface area (Å²) in [6.45, 7) is 0. The van der Waals surface area contributed by atoms with Crippen molar-refractivity contribution in [3.63, 3.8) is 0 Å². The van der Waals surface area contributed by atoms with Gasteiger partial charge in [-0.1, -0.05) is 30.3 Å². The first-order chi connectivity index (χ1) is 6.77. The molecule has 2 rings (SSSR count). The zero-order valence-electron chi connectivity index (χ0n) is 9.02. The van der Waals surface area contributed by atoms with E-state index in [0.29, 0.717) is 0 Å². The Morgan fingerprint density at radius 3 is 2.40 bits per heavy atom. The van der Waals surface area contributed by atoms with Crippen LogP contribution in [-0.4, -0.2) is 4.57 Å². The second-order valence-corrected chi connectivity index (χ2v) is 3.60. The molecule has 0 unspecified atom stereocenters. The van der Waals surface area contributed by atoms with Crippen molar-refractivity contribution in [2.75, 3.05) is 0 Å². The Hall–Kier alpha value is -0.840. The highest BCUT2D eigenvalue weighted by Gasteiger charge is 2.10. The largest absolute Gasteiger partial charge is 1.00 e. The van der Waals surface area contributed by atoms with Gasteiger partial charge in [0.15, 0.2) is 0 Å². The number of aryl methyl sites for hydroxylation is 2. The number of hydrogen-bond acceptors (Lipinski definition) is 0. The van der Waals surface area contributed by atoms with E-state index in [1.165, 1.54) is 11.4 Å². The molecule has 1 aromatic carbocycles. The molecule has 0 aliphatic carbocycles. The van der Waals surface area contributed by atoms with E-state index in [-0.39, 0.29) is 24.0 Å². The van der Waals surface area contributed by atoms with Crippen LogP contribution in [0.25, 0.3) is 0 Å². The van der Waals surface area contributed by atoms with Gasteiger partial charge in [-0.2, -0.15) is 0 Å². The minimum atomic E-state index is 0. The fourth-order valence-electron chi connectivity index (χ4n) is 1.65. The first kappa shape index (κ1) is 12.2. The van der Waals surface area contributed by atoms with Crippen molar-refractivity contribution in [2.24, 2.45) is 14.1 Å². The lowest BCUT2D eigenvalue weighted by molar-refractivity contribution is -0.678. The van der Waals surface area contributed by atoms with E-state index in [0.717, 1.165) is 6.42 Å². The quantitative estimate of drug-likeness (QED) is 0.469. The zero-order valence-corrected chi connectivity index (χ0v) is 11.2. The topological polar surface area (TPSA) is 8.81 Å². The fourth-order valence-corrected chi connectivity index (χ4v) is 1.65. The lowest BCUT2D eigenvalue weighted by Gasteiger charge is -1.98. The third-order valence-corrected chi connectivity index (χ3v) is 2.53. The average molecular weight is 314 g/mol. The molecule has 0 aliphatic rings. The molecule has 0 saturated heterocycles. The van der Waals surface area contributed by atoms with Crippen LogP contribution in [0.15, 0.2) is 42.7 Å². The van der Waals surface area contributed by atoms with Crippen molar-refractivity contribution in [3.05, 3.63) is 54.1 Å². The number of hydrogen-bond donors (Lipinski definition) is 0. The number of nitrogens with zero attached hydrogens (tertiary/aromatic N) is 2. The van der Waals surface area contributed by atoms with Crippen molar-refractivity contribution in [3.8, 4) is 0 Å². The molecule has 3 heteroatoms. The lowest BCUT2D eigenvalue weighted by atomic mass is 10.1. The van der Waals surface area contributed by atoms with Crippen molar-refractivity contribution < 1.29 is 28.5 Å². The van der Waals surface area contributed by atoms with Gasteiger partial charge in [-0.3, -0.25) is 0 Å². The van der Waals surface area contributed by atoms with Gasteiger partial charge < -0.3 is 24.0 Å². The Bertz CT molecular complexity index is 401. The van der Waals surface area contributed by atoms with Crippen LogP contribution >= 0.6 is 0 Å².